The molecule has 4 nitrogen and oxygen atoms in total. The first-order valence-electron chi connectivity index (χ1n) is 6.16. The molecule has 1 amide bonds. The first kappa shape index (κ1) is 13.1. The molecule has 1 unspecified atom stereocenters. The van der Waals surface area contributed by atoms with Gasteiger partial charge < -0.3 is 10.0 Å². The summed E-state index contributed by atoms with van der Waals surface area (Å²) in [4.78, 5) is 25.1. The number of carbonyl (C=O) groups is 2. The monoisotopic (exact) mass is 267 g/mol. The van der Waals surface area contributed by atoms with Crippen molar-refractivity contribution in [1.82, 2.24) is 4.90 Å². The molecule has 1 aromatic heterocycles. The van der Waals surface area contributed by atoms with Gasteiger partial charge in [-0.3, -0.25) is 4.79 Å². The Morgan fingerprint density at radius 3 is 2.89 bits per heavy atom. The summed E-state index contributed by atoms with van der Waals surface area (Å²) >= 11 is 1.55. The number of hydrogen-bond donors (Lipinski definition) is 1. The first-order valence-corrected chi connectivity index (χ1v) is 7.11. The number of thiophene rings is 1. The fourth-order valence-electron chi connectivity index (χ4n) is 2.36. The van der Waals surface area contributed by atoms with Gasteiger partial charge in [-0.15, -0.1) is 0 Å². The van der Waals surface area contributed by atoms with Gasteiger partial charge in [-0.25, -0.2) is 4.79 Å². The summed E-state index contributed by atoms with van der Waals surface area (Å²) in [5, 5.41) is 13.1. The van der Waals surface area contributed by atoms with E-state index in [1.54, 1.807) is 11.3 Å². The zero-order valence-corrected chi connectivity index (χ0v) is 11.2. The third kappa shape index (κ3) is 2.56. The fourth-order valence-corrected chi connectivity index (χ4v) is 3.12. The maximum atomic E-state index is 12.4. The van der Waals surface area contributed by atoms with Gasteiger partial charge in [0.15, 0.2) is 0 Å². The van der Waals surface area contributed by atoms with Gasteiger partial charge >= 0.3 is 5.97 Å². The lowest BCUT2D eigenvalue weighted by Gasteiger charge is -2.34. The standard InChI is InChI=1S/C13H17NO3S/c1-9(10-5-7-18-8-10)12(15)14-6-3-2-4-11(14)13(16)17/h5,7-9,11H,2-4,6H2,1H3,(H,16,17)/t9?,11-/m1/s1. The first-order chi connectivity index (χ1) is 8.61. The zero-order chi connectivity index (χ0) is 13.1. The highest BCUT2D eigenvalue weighted by Gasteiger charge is 2.34. The van der Waals surface area contributed by atoms with Crippen molar-refractivity contribution in [3.8, 4) is 0 Å². The number of nitrogens with zero attached hydrogens (tertiary/aromatic N) is 1. The number of amides is 1. The SMILES string of the molecule is CC(C(=O)N1CCCC[C@@H]1C(=O)O)c1ccsc1. The summed E-state index contributed by atoms with van der Waals surface area (Å²) in [6.45, 7) is 2.40. The molecule has 1 aliphatic heterocycles. The second-order valence-electron chi connectivity index (χ2n) is 4.66. The zero-order valence-electron chi connectivity index (χ0n) is 10.3. The van der Waals surface area contributed by atoms with Crippen molar-refractivity contribution in [1.29, 1.82) is 0 Å². The van der Waals surface area contributed by atoms with Gasteiger partial charge in [0, 0.05) is 6.54 Å². The summed E-state index contributed by atoms with van der Waals surface area (Å²) < 4.78 is 0. The van der Waals surface area contributed by atoms with Crippen LogP contribution in [-0.4, -0.2) is 34.5 Å². The number of carboxylic acid groups (broad SMARTS) is 1. The molecule has 1 fully saturated rings. The maximum absolute atomic E-state index is 12.4. The lowest BCUT2D eigenvalue weighted by Crippen LogP contribution is -2.49. The minimum Gasteiger partial charge on any atom is -0.480 e. The summed E-state index contributed by atoms with van der Waals surface area (Å²) in [5.74, 6) is -1.21. The highest BCUT2D eigenvalue weighted by atomic mass is 32.1. The fraction of sp³-hybridized carbons (Fsp3) is 0.538. The van der Waals surface area contributed by atoms with Crippen LogP contribution < -0.4 is 0 Å². The molecule has 1 N–H and O–H groups in total. The van der Waals surface area contributed by atoms with E-state index in [4.69, 9.17) is 0 Å². The Bertz CT molecular complexity index is 429. The molecule has 1 saturated heterocycles. The molecule has 2 rings (SSSR count). The van der Waals surface area contributed by atoms with E-state index in [1.165, 1.54) is 4.90 Å². The van der Waals surface area contributed by atoms with Crippen LogP contribution in [0.1, 0.15) is 37.7 Å². The molecule has 1 aliphatic rings. The molecule has 0 aliphatic carbocycles. The Balaban J connectivity index is 2.13. The van der Waals surface area contributed by atoms with E-state index in [1.807, 2.05) is 23.8 Å². The maximum Gasteiger partial charge on any atom is 0.326 e. The van der Waals surface area contributed by atoms with Crippen molar-refractivity contribution in [2.24, 2.45) is 0 Å². The molecule has 0 bridgehead atoms. The van der Waals surface area contributed by atoms with Crippen LogP contribution >= 0.6 is 11.3 Å². The lowest BCUT2D eigenvalue weighted by molar-refractivity contribution is -0.152. The molecular formula is C13H17NO3S. The number of aliphatic carboxylic acids is 1. The van der Waals surface area contributed by atoms with Crippen LogP contribution in [0.4, 0.5) is 0 Å². The molecule has 0 saturated carbocycles. The highest BCUT2D eigenvalue weighted by Crippen LogP contribution is 2.25. The Kier molecular flexibility index (Phi) is 4.01. The van der Waals surface area contributed by atoms with Crippen molar-refractivity contribution in [2.45, 2.75) is 38.1 Å². The molecule has 0 spiro atoms. The van der Waals surface area contributed by atoms with Crippen LogP contribution in [0, 0.1) is 0 Å². The van der Waals surface area contributed by atoms with Gasteiger partial charge in [-0.05, 0) is 48.6 Å². The van der Waals surface area contributed by atoms with Gasteiger partial charge in [0.1, 0.15) is 6.04 Å². The summed E-state index contributed by atoms with van der Waals surface area (Å²) in [6.07, 6.45) is 2.34. The summed E-state index contributed by atoms with van der Waals surface area (Å²) in [7, 11) is 0. The Morgan fingerprint density at radius 1 is 1.50 bits per heavy atom. The van der Waals surface area contributed by atoms with Gasteiger partial charge in [-0.2, -0.15) is 11.3 Å². The van der Waals surface area contributed by atoms with Crippen molar-refractivity contribution in [3.63, 3.8) is 0 Å². The smallest absolute Gasteiger partial charge is 0.326 e. The van der Waals surface area contributed by atoms with Crippen LogP contribution in [0.5, 0.6) is 0 Å². The van der Waals surface area contributed by atoms with E-state index in [0.29, 0.717) is 13.0 Å². The van der Waals surface area contributed by atoms with E-state index < -0.39 is 12.0 Å². The van der Waals surface area contributed by atoms with E-state index in [2.05, 4.69) is 0 Å². The molecule has 98 valence electrons. The van der Waals surface area contributed by atoms with Crippen LogP contribution in [0.2, 0.25) is 0 Å². The number of carbonyl (C=O) groups excluding carboxylic acids is 1. The highest BCUT2D eigenvalue weighted by molar-refractivity contribution is 7.08. The molecule has 18 heavy (non-hydrogen) atoms. The normalized spacial score (nSPS) is 21.6. The second-order valence-corrected chi connectivity index (χ2v) is 5.44. The van der Waals surface area contributed by atoms with E-state index in [0.717, 1.165) is 18.4 Å². The third-order valence-corrected chi connectivity index (χ3v) is 4.19. The topological polar surface area (TPSA) is 57.6 Å². The minimum absolute atomic E-state index is 0.0690. The summed E-state index contributed by atoms with van der Waals surface area (Å²) in [6, 6.07) is 1.28. The van der Waals surface area contributed by atoms with Crippen LogP contribution in [0.15, 0.2) is 16.8 Å². The molecule has 0 aromatic carbocycles. The van der Waals surface area contributed by atoms with Crippen molar-refractivity contribution >= 4 is 23.2 Å². The van der Waals surface area contributed by atoms with Crippen LogP contribution in [0.25, 0.3) is 0 Å². The molecule has 5 heteroatoms. The Hall–Kier alpha value is -1.36. The predicted molar refractivity (Wildman–Crippen MR) is 69.7 cm³/mol. The van der Waals surface area contributed by atoms with E-state index in [-0.39, 0.29) is 11.8 Å². The van der Waals surface area contributed by atoms with Crippen LogP contribution in [-0.2, 0) is 9.59 Å². The van der Waals surface area contributed by atoms with E-state index in [9.17, 15) is 14.7 Å². The van der Waals surface area contributed by atoms with Gasteiger partial charge in [0.25, 0.3) is 0 Å². The minimum atomic E-state index is -0.888. The van der Waals surface area contributed by atoms with Gasteiger partial charge in [0.2, 0.25) is 5.91 Å². The van der Waals surface area contributed by atoms with Gasteiger partial charge in [0.05, 0.1) is 5.92 Å². The quantitative estimate of drug-likeness (QED) is 0.914. The van der Waals surface area contributed by atoms with Crippen molar-refractivity contribution in [3.05, 3.63) is 22.4 Å². The van der Waals surface area contributed by atoms with Crippen LogP contribution in [0.3, 0.4) is 0 Å². The van der Waals surface area contributed by atoms with Crippen molar-refractivity contribution < 1.29 is 14.7 Å². The average Bonchev–Trinajstić information content (AvgIpc) is 2.90. The number of piperidine rings is 1. The number of hydrogen-bond acceptors (Lipinski definition) is 3. The lowest BCUT2D eigenvalue weighted by atomic mass is 9.97. The van der Waals surface area contributed by atoms with E-state index >= 15 is 0 Å². The molecule has 2 heterocycles. The largest absolute Gasteiger partial charge is 0.480 e. The summed E-state index contributed by atoms with van der Waals surface area (Å²) in [5.41, 5.74) is 0.972. The van der Waals surface area contributed by atoms with Crippen molar-refractivity contribution in [2.75, 3.05) is 6.54 Å². The third-order valence-electron chi connectivity index (χ3n) is 3.48. The molecule has 1 aromatic rings. The second kappa shape index (κ2) is 5.52. The average molecular weight is 267 g/mol. The molecular weight excluding hydrogens is 250 g/mol. The van der Waals surface area contributed by atoms with Gasteiger partial charge in [-0.1, -0.05) is 0 Å². The number of likely N-dealkylation sites (tertiary alicyclic amines) is 1. The number of carboxylic acids is 1. The molecule has 0 radical (unpaired) electrons. The Morgan fingerprint density at radius 2 is 2.28 bits per heavy atom. The Labute approximate surface area is 110 Å². The predicted octanol–water partition coefficient (Wildman–Crippen LogP) is 2.32. The number of rotatable bonds is 3. The molecule has 2 atom stereocenters.